The monoisotopic (exact) mass is 906 g/mol. The van der Waals surface area contributed by atoms with Gasteiger partial charge < -0.3 is 44.0 Å². The average molecular weight is 906 g/mol. The molecule has 1 fully saturated rings. The van der Waals surface area contributed by atoms with Crippen LogP contribution >= 0.6 is 0 Å². The summed E-state index contributed by atoms with van der Waals surface area (Å²) in [5.74, 6) is -0.839. The third-order valence-corrected chi connectivity index (χ3v) is 13.1. The second-order valence-electron chi connectivity index (χ2n) is 17.5. The molecule has 360 valence electrons. The Morgan fingerprint density at radius 2 is 1.65 bits per heavy atom. The van der Waals surface area contributed by atoms with Crippen LogP contribution in [0, 0.1) is 27.9 Å². The summed E-state index contributed by atoms with van der Waals surface area (Å²) in [5, 5.41) is 45.9. The molecule has 2 aliphatic carbocycles. The molecule has 14 nitrogen and oxygen atoms in total. The first kappa shape index (κ1) is 51.6. The number of aliphatic hydroxyl groups is 3. The number of nitro groups is 1. The molecular weight excluding hydrogens is 831 g/mol. The highest BCUT2D eigenvalue weighted by molar-refractivity contribution is 6.03. The van der Waals surface area contributed by atoms with Crippen molar-refractivity contribution in [2.75, 3.05) is 52.8 Å². The van der Waals surface area contributed by atoms with Crippen LogP contribution in [0.5, 0.6) is 17.2 Å². The Kier molecular flexibility index (Phi) is 21.7. The summed E-state index contributed by atoms with van der Waals surface area (Å²) in [6.45, 7) is 9.17. The number of hydrogen-bond acceptors (Lipinski definition) is 12. The largest absolute Gasteiger partial charge is 0.459 e. The van der Waals surface area contributed by atoms with Crippen LogP contribution in [0.1, 0.15) is 134 Å². The van der Waals surface area contributed by atoms with Gasteiger partial charge in [0, 0.05) is 50.1 Å². The number of nitro benzene ring substituents is 1. The predicted octanol–water partition coefficient (Wildman–Crippen LogP) is 9.80. The number of non-ortho nitro benzene ring substituents is 1. The van der Waals surface area contributed by atoms with Crippen molar-refractivity contribution in [1.29, 1.82) is 0 Å². The molecule has 14 heteroatoms. The maximum Gasteiger partial charge on any atom is 0.273 e. The zero-order valence-electron chi connectivity index (χ0n) is 38.9. The lowest BCUT2D eigenvalue weighted by Crippen LogP contribution is -2.70. The Hall–Kier alpha value is -4.34. The van der Waals surface area contributed by atoms with E-state index in [1.807, 2.05) is 24.0 Å². The number of ether oxygens (including phenoxy) is 4. The third-order valence-electron chi connectivity index (χ3n) is 13.1. The summed E-state index contributed by atoms with van der Waals surface area (Å²) in [5.41, 5.74) is 2.42. The minimum atomic E-state index is -1.43. The van der Waals surface area contributed by atoms with Crippen LogP contribution in [0.4, 0.5) is 5.69 Å². The fraction of sp³-hybridized carbons (Fsp3) is 0.647. The van der Waals surface area contributed by atoms with Crippen LogP contribution in [0.2, 0.25) is 0 Å². The molecule has 3 N–H and O–H groups in total. The first-order valence-electron chi connectivity index (χ1n) is 24.4. The highest BCUT2D eigenvalue weighted by atomic mass is 16.7. The number of nitrogens with zero attached hydrogens (tertiary/aromatic N) is 3. The fourth-order valence-corrected chi connectivity index (χ4v) is 10.2. The summed E-state index contributed by atoms with van der Waals surface area (Å²) in [6, 6.07) is 11.0. The van der Waals surface area contributed by atoms with Gasteiger partial charge in [0.1, 0.15) is 29.9 Å². The number of allylic oxidation sites excluding steroid dienone is 1. The lowest BCUT2D eigenvalue weighted by molar-refractivity contribution is -0.384. The van der Waals surface area contributed by atoms with E-state index in [-0.39, 0.29) is 82.0 Å². The zero-order valence-corrected chi connectivity index (χ0v) is 38.9. The number of carbonyl (C=O) groups excluding carboxylic acids is 1. The van der Waals surface area contributed by atoms with Crippen LogP contribution in [0.25, 0.3) is 0 Å². The minimum Gasteiger partial charge on any atom is -0.459 e. The molecule has 3 aliphatic rings. The van der Waals surface area contributed by atoms with Crippen LogP contribution in [0.15, 0.2) is 71.9 Å². The fourth-order valence-electron chi connectivity index (χ4n) is 10.2. The Labute approximate surface area is 386 Å². The standard InChI is InChI=1S/C51H75N3O11/c1-4-7-8-9-10-11-12-13-14-24-48(58)53(27-32-61-33-30-57)47-37-45(52-63-6-3)43-34-38(20-15-17-28-55)42(23-16-18-29-56)49-44-36-41(64-40-22-19-21-39(35-40)54(59)60)25-26-46(44)65-51(47,50(43)49)62-31-5-2/h5,19,21-22,25-26,34-36,38,42,47,49-50,55-57H,2,4,6-18,20,23-24,27-33,37H2,1,3H3/t38-,42+,47-,49+,50+,51+/m0/s1. The molecule has 0 aromatic heterocycles. The topological polar surface area (TPSA) is 183 Å². The van der Waals surface area contributed by atoms with Gasteiger partial charge in [-0.1, -0.05) is 94.5 Å². The van der Waals surface area contributed by atoms with Crippen molar-refractivity contribution in [1.82, 2.24) is 4.90 Å². The van der Waals surface area contributed by atoms with Gasteiger partial charge in [-0.15, -0.1) is 6.58 Å². The van der Waals surface area contributed by atoms with E-state index in [4.69, 9.17) is 28.9 Å². The molecule has 0 spiro atoms. The molecule has 0 saturated heterocycles. The van der Waals surface area contributed by atoms with Crippen molar-refractivity contribution in [3.8, 4) is 17.2 Å². The summed E-state index contributed by atoms with van der Waals surface area (Å²) in [7, 11) is 0. The van der Waals surface area contributed by atoms with Crippen molar-refractivity contribution in [2.24, 2.45) is 22.9 Å². The number of carbonyl (C=O) groups is 1. The van der Waals surface area contributed by atoms with Crippen molar-refractivity contribution in [2.45, 2.75) is 141 Å². The van der Waals surface area contributed by atoms with Gasteiger partial charge in [0.2, 0.25) is 11.7 Å². The zero-order chi connectivity index (χ0) is 46.4. The van der Waals surface area contributed by atoms with Crippen LogP contribution in [-0.4, -0.2) is 101 Å². The van der Waals surface area contributed by atoms with E-state index in [0.29, 0.717) is 48.8 Å². The van der Waals surface area contributed by atoms with Gasteiger partial charge in [-0.05, 0) is 80.7 Å². The summed E-state index contributed by atoms with van der Waals surface area (Å²) < 4.78 is 26.6. The van der Waals surface area contributed by atoms with Crippen molar-refractivity contribution in [3.05, 3.63) is 82.4 Å². The quantitative estimate of drug-likeness (QED) is 0.0275. The van der Waals surface area contributed by atoms with E-state index < -0.39 is 22.7 Å². The Morgan fingerprint density at radius 1 is 0.923 bits per heavy atom. The lowest BCUT2D eigenvalue weighted by Gasteiger charge is -2.60. The molecule has 0 unspecified atom stereocenters. The molecule has 2 aromatic carbocycles. The van der Waals surface area contributed by atoms with Crippen LogP contribution in [0.3, 0.4) is 0 Å². The molecule has 0 bridgehead atoms. The number of unbranched alkanes of at least 4 members (excludes halogenated alkanes) is 10. The highest BCUT2D eigenvalue weighted by Crippen LogP contribution is 2.62. The number of benzene rings is 2. The molecule has 6 atom stereocenters. The SMILES string of the molecule is C=CCO[C@@]12Oc3ccc(Oc4cccc([N+](=O)[O-])c4)cc3[C@H]3[C@H](CCCCO)[C@@H](CCCCO)C=C(C(=NOCC)C[C@@H]1N(CCOCCO)C(=O)CCCCCCCCCCC)[C@H]32. The van der Waals surface area contributed by atoms with Crippen molar-refractivity contribution in [3.63, 3.8) is 0 Å². The van der Waals surface area contributed by atoms with E-state index in [9.17, 15) is 30.2 Å². The first-order chi connectivity index (χ1) is 31.8. The molecule has 65 heavy (non-hydrogen) atoms. The van der Waals surface area contributed by atoms with E-state index in [0.717, 1.165) is 62.5 Å². The molecular formula is C51H75N3O11. The van der Waals surface area contributed by atoms with Crippen molar-refractivity contribution >= 4 is 17.3 Å². The van der Waals surface area contributed by atoms with Crippen LogP contribution in [-0.2, 0) is 19.1 Å². The van der Waals surface area contributed by atoms with Crippen LogP contribution < -0.4 is 9.47 Å². The normalized spacial score (nSPS) is 22.6. The number of aliphatic hydroxyl groups excluding tert-OH is 3. The molecule has 1 heterocycles. The van der Waals surface area contributed by atoms with Gasteiger partial charge in [0.15, 0.2) is 0 Å². The summed E-state index contributed by atoms with van der Waals surface area (Å²) in [6.07, 6.45) is 19.1. The predicted molar refractivity (Wildman–Crippen MR) is 251 cm³/mol. The number of fused-ring (bicyclic) bond motifs is 2. The van der Waals surface area contributed by atoms with E-state index >= 15 is 0 Å². The van der Waals surface area contributed by atoms with Gasteiger partial charge in [-0.3, -0.25) is 14.9 Å². The lowest BCUT2D eigenvalue weighted by atomic mass is 9.55. The summed E-state index contributed by atoms with van der Waals surface area (Å²) >= 11 is 0. The number of oxime groups is 1. The minimum absolute atomic E-state index is 0.00233. The van der Waals surface area contributed by atoms with E-state index in [2.05, 4.69) is 19.6 Å². The highest BCUT2D eigenvalue weighted by Gasteiger charge is 2.65. The third kappa shape index (κ3) is 13.9. The molecule has 1 saturated carbocycles. The summed E-state index contributed by atoms with van der Waals surface area (Å²) in [4.78, 5) is 33.8. The maximum atomic E-state index is 14.8. The molecule has 1 aliphatic heterocycles. The Bertz CT molecular complexity index is 1850. The number of rotatable bonds is 32. The number of amides is 1. The number of hydrogen-bond donors (Lipinski definition) is 3. The molecule has 2 aromatic rings. The van der Waals surface area contributed by atoms with E-state index in [1.165, 1.54) is 44.2 Å². The van der Waals surface area contributed by atoms with Crippen molar-refractivity contribution < 1.29 is 48.8 Å². The first-order valence-corrected chi connectivity index (χ1v) is 24.4. The molecule has 0 radical (unpaired) electrons. The second kappa shape index (κ2) is 27.3. The van der Waals surface area contributed by atoms with Gasteiger partial charge in [0.25, 0.3) is 5.69 Å². The second-order valence-corrected chi connectivity index (χ2v) is 17.5. The van der Waals surface area contributed by atoms with E-state index in [1.54, 1.807) is 24.3 Å². The molecule has 5 rings (SSSR count). The maximum absolute atomic E-state index is 14.8. The van der Waals surface area contributed by atoms with Gasteiger partial charge in [-0.2, -0.15) is 0 Å². The van der Waals surface area contributed by atoms with Gasteiger partial charge >= 0.3 is 0 Å². The van der Waals surface area contributed by atoms with Gasteiger partial charge in [0.05, 0.1) is 49.0 Å². The smallest absolute Gasteiger partial charge is 0.273 e. The Morgan fingerprint density at radius 3 is 2.34 bits per heavy atom. The molecule has 1 amide bonds. The van der Waals surface area contributed by atoms with Gasteiger partial charge in [-0.25, -0.2) is 0 Å². The average Bonchev–Trinajstić information content (AvgIpc) is 3.31. The Balaban J connectivity index is 1.65.